The van der Waals surface area contributed by atoms with Gasteiger partial charge in [0.25, 0.3) is 0 Å². The summed E-state index contributed by atoms with van der Waals surface area (Å²) in [7, 11) is 0. The Morgan fingerprint density at radius 3 is 2.67 bits per heavy atom. The number of nitrogens with zero attached hydrogens (tertiary/aromatic N) is 1. The number of rotatable bonds is 2. The first-order valence-electron chi connectivity index (χ1n) is 2.33. The van der Waals surface area contributed by atoms with Crippen molar-refractivity contribution in [3.8, 4) is 6.07 Å². The molecule has 0 bridgehead atoms. The van der Waals surface area contributed by atoms with Gasteiger partial charge in [0, 0.05) is 0 Å². The first-order chi connectivity index (χ1) is 3.81. The van der Waals surface area contributed by atoms with E-state index in [-0.39, 0.29) is 36.0 Å². The summed E-state index contributed by atoms with van der Waals surface area (Å²) in [5, 5.41) is 7.91. The molecule has 0 fully saturated rings. The van der Waals surface area contributed by atoms with Gasteiger partial charge in [-0.1, -0.05) is 0 Å². The van der Waals surface area contributed by atoms with Crippen LogP contribution in [0.3, 0.4) is 0 Å². The van der Waals surface area contributed by atoms with E-state index in [9.17, 15) is 4.79 Å². The van der Waals surface area contributed by atoms with Crippen LogP contribution in [0.4, 0.5) is 0 Å². The van der Waals surface area contributed by atoms with Gasteiger partial charge in [0.2, 0.25) is 0 Å². The molecule has 0 N–H and O–H groups in total. The van der Waals surface area contributed by atoms with Crippen LogP contribution in [0.15, 0.2) is 0 Å². The van der Waals surface area contributed by atoms with Crippen molar-refractivity contribution < 1.29 is 39.1 Å². The summed E-state index contributed by atoms with van der Waals surface area (Å²) >= 11 is 0. The minimum Gasteiger partial charge on any atom is -0.465 e. The third kappa shape index (κ3) is 7.96. The molecule has 0 heterocycles. The molecule has 0 amide bonds. The van der Waals surface area contributed by atoms with Gasteiger partial charge < -0.3 is 4.74 Å². The van der Waals surface area contributed by atoms with Gasteiger partial charge >= 0.3 is 35.5 Å². The molecule has 0 aliphatic carbocycles. The molecule has 0 aliphatic heterocycles. The fourth-order valence-corrected chi connectivity index (χ4v) is 0.277. The van der Waals surface area contributed by atoms with Crippen LogP contribution >= 0.6 is 0 Å². The number of carbonyl (C=O) groups is 1. The number of hydrogen-bond acceptors (Lipinski definition) is 3. The van der Waals surface area contributed by atoms with Gasteiger partial charge in [-0.05, 0) is 6.92 Å². The van der Waals surface area contributed by atoms with E-state index in [0.717, 1.165) is 0 Å². The van der Waals surface area contributed by atoms with Gasteiger partial charge in [-0.25, -0.2) is 0 Å². The van der Waals surface area contributed by atoms with E-state index >= 15 is 0 Å². The zero-order valence-corrected chi connectivity index (χ0v) is 7.68. The minimum atomic E-state index is -0.449. The predicted octanol–water partition coefficient (Wildman–Crippen LogP) is -2.53. The van der Waals surface area contributed by atoms with Crippen molar-refractivity contribution in [1.29, 1.82) is 5.26 Å². The average Bonchev–Trinajstić information content (AvgIpc) is 1.68. The van der Waals surface area contributed by atoms with Gasteiger partial charge in [-0.3, -0.25) is 4.79 Å². The fraction of sp³-hybridized carbons (Fsp3) is 0.600. The van der Waals surface area contributed by atoms with Gasteiger partial charge in [-0.2, -0.15) is 5.26 Å². The van der Waals surface area contributed by atoms with E-state index in [0.29, 0.717) is 6.61 Å². The molecule has 0 rings (SSSR count). The largest absolute Gasteiger partial charge is 1.00 e. The summed E-state index contributed by atoms with van der Waals surface area (Å²) in [6.45, 7) is 2.05. The number of nitriles is 1. The maximum absolute atomic E-state index is 10.2. The minimum absolute atomic E-state index is 0. The normalized spacial score (nSPS) is 6.67. The standard InChI is InChI=1S/C5H7NO2.Na/c1-2-8-5(7)3-4-6;/h2-3H2,1H3;/q;+1. The number of esters is 1. The average molecular weight is 136 g/mol. The SMILES string of the molecule is CCOC(=O)CC#N.[Na+]. The maximum atomic E-state index is 10.2. The van der Waals surface area contributed by atoms with E-state index in [1.54, 1.807) is 13.0 Å². The van der Waals surface area contributed by atoms with Crippen LogP contribution in [0.25, 0.3) is 0 Å². The summed E-state index contributed by atoms with van der Waals surface area (Å²) in [6.07, 6.45) is -0.145. The van der Waals surface area contributed by atoms with Gasteiger partial charge in [0.15, 0.2) is 0 Å². The third-order valence-electron chi connectivity index (χ3n) is 0.529. The van der Waals surface area contributed by atoms with Crippen molar-refractivity contribution in [1.82, 2.24) is 0 Å². The van der Waals surface area contributed by atoms with Crippen LogP contribution in [0.5, 0.6) is 0 Å². The Labute approximate surface area is 76.3 Å². The molecular weight excluding hydrogens is 129 g/mol. The smallest absolute Gasteiger partial charge is 0.465 e. The van der Waals surface area contributed by atoms with Crippen molar-refractivity contribution in [3.05, 3.63) is 0 Å². The zero-order valence-electron chi connectivity index (χ0n) is 5.68. The number of carbonyl (C=O) groups excluding carboxylic acids is 1. The van der Waals surface area contributed by atoms with E-state index in [4.69, 9.17) is 5.26 Å². The Morgan fingerprint density at radius 2 is 2.33 bits per heavy atom. The molecule has 0 saturated carbocycles. The molecule has 0 unspecified atom stereocenters. The Morgan fingerprint density at radius 1 is 1.78 bits per heavy atom. The summed E-state index contributed by atoms with van der Waals surface area (Å²) < 4.78 is 4.42. The molecule has 0 aromatic carbocycles. The monoisotopic (exact) mass is 136 g/mol. The molecule has 9 heavy (non-hydrogen) atoms. The molecule has 0 atom stereocenters. The maximum Gasteiger partial charge on any atom is 1.00 e. The first kappa shape index (κ1) is 11.7. The molecular formula is C5H7NNaO2+. The number of hydrogen-bond donors (Lipinski definition) is 0. The molecule has 44 valence electrons. The summed E-state index contributed by atoms with van der Waals surface area (Å²) in [4.78, 5) is 10.2. The van der Waals surface area contributed by atoms with Crippen molar-refractivity contribution in [2.75, 3.05) is 6.61 Å². The van der Waals surface area contributed by atoms with Crippen molar-refractivity contribution in [3.63, 3.8) is 0 Å². The van der Waals surface area contributed by atoms with Gasteiger partial charge in [0.1, 0.15) is 6.42 Å². The van der Waals surface area contributed by atoms with Crippen molar-refractivity contribution in [2.45, 2.75) is 13.3 Å². The second-order valence-electron chi connectivity index (χ2n) is 1.14. The van der Waals surface area contributed by atoms with E-state index < -0.39 is 5.97 Å². The summed E-state index contributed by atoms with van der Waals surface area (Å²) in [5.74, 6) is -0.449. The predicted molar refractivity (Wildman–Crippen MR) is 26.9 cm³/mol. The second kappa shape index (κ2) is 7.96. The van der Waals surface area contributed by atoms with Crippen LogP contribution in [0.1, 0.15) is 13.3 Å². The Hall–Kier alpha value is -0.0400. The zero-order chi connectivity index (χ0) is 6.41. The first-order valence-corrected chi connectivity index (χ1v) is 2.33. The molecule has 0 spiro atoms. The van der Waals surface area contributed by atoms with E-state index in [2.05, 4.69) is 4.74 Å². The van der Waals surface area contributed by atoms with Crippen LogP contribution < -0.4 is 29.6 Å². The Bertz CT molecular complexity index is 119. The molecule has 0 aromatic heterocycles. The Kier molecular flexibility index (Phi) is 10.4. The van der Waals surface area contributed by atoms with Crippen LogP contribution in [-0.4, -0.2) is 12.6 Å². The molecule has 0 radical (unpaired) electrons. The molecule has 0 aromatic rings. The quantitative estimate of drug-likeness (QED) is 0.310. The molecule has 3 nitrogen and oxygen atoms in total. The van der Waals surface area contributed by atoms with Crippen LogP contribution in [-0.2, 0) is 9.53 Å². The van der Waals surface area contributed by atoms with Crippen molar-refractivity contribution >= 4 is 5.97 Å². The fourth-order valence-electron chi connectivity index (χ4n) is 0.277. The topological polar surface area (TPSA) is 50.1 Å². The van der Waals surface area contributed by atoms with Gasteiger partial charge in [-0.15, -0.1) is 0 Å². The van der Waals surface area contributed by atoms with E-state index in [1.807, 2.05) is 0 Å². The molecule has 0 aliphatic rings. The van der Waals surface area contributed by atoms with Gasteiger partial charge in [0.05, 0.1) is 12.7 Å². The summed E-state index contributed by atoms with van der Waals surface area (Å²) in [6, 6.07) is 1.68. The van der Waals surface area contributed by atoms with Crippen LogP contribution in [0.2, 0.25) is 0 Å². The molecule has 4 heteroatoms. The Balaban J connectivity index is 0. The third-order valence-corrected chi connectivity index (χ3v) is 0.529. The van der Waals surface area contributed by atoms with E-state index in [1.165, 1.54) is 0 Å². The number of ether oxygens (including phenoxy) is 1. The molecule has 0 saturated heterocycles. The van der Waals surface area contributed by atoms with Crippen LogP contribution in [0, 0.1) is 11.3 Å². The van der Waals surface area contributed by atoms with Crippen molar-refractivity contribution in [2.24, 2.45) is 0 Å². The second-order valence-corrected chi connectivity index (χ2v) is 1.14. The summed E-state index contributed by atoms with van der Waals surface area (Å²) in [5.41, 5.74) is 0.